The molecule has 1 amide bonds. The quantitative estimate of drug-likeness (QED) is 0.179. The van der Waals surface area contributed by atoms with Crippen molar-refractivity contribution in [1.29, 1.82) is 10.5 Å². The smallest absolute Gasteiger partial charge is 0.384 e. The maximum absolute atomic E-state index is 14.6. The molecule has 6 rings (SSSR count). The summed E-state index contributed by atoms with van der Waals surface area (Å²) in [6.45, 7) is 0.819. The Labute approximate surface area is 282 Å². The average molecular weight is 669 g/mol. The van der Waals surface area contributed by atoms with Crippen LogP contribution in [0.25, 0.3) is 22.5 Å². The summed E-state index contributed by atoms with van der Waals surface area (Å²) in [7, 11) is 5.29. The number of rotatable bonds is 11. The molecule has 1 aliphatic heterocycles. The van der Waals surface area contributed by atoms with Gasteiger partial charge in [-0.3, -0.25) is 9.69 Å². The van der Waals surface area contributed by atoms with Gasteiger partial charge in [0.05, 0.1) is 41.8 Å². The van der Waals surface area contributed by atoms with Crippen molar-refractivity contribution in [3.8, 4) is 34.7 Å². The number of anilines is 2. The normalized spacial score (nSPS) is 15.1. The SMILES string of the molecule is COC1(CN(C)Cc2cc3c(c(C(F)(F)F)c2)CN(c2cc(NCCC#N)cc(-c4cc(C#N)ccc4-c4nncn4C)c2)C3=O)CCC1. The van der Waals surface area contributed by atoms with Crippen LogP contribution in [-0.4, -0.2) is 58.4 Å². The summed E-state index contributed by atoms with van der Waals surface area (Å²) < 4.78 is 51.2. The van der Waals surface area contributed by atoms with Crippen LogP contribution in [0.15, 0.2) is 54.9 Å². The van der Waals surface area contributed by atoms with Crippen LogP contribution in [0.3, 0.4) is 0 Å². The van der Waals surface area contributed by atoms with Gasteiger partial charge >= 0.3 is 6.18 Å². The zero-order valence-electron chi connectivity index (χ0n) is 27.4. The third kappa shape index (κ3) is 6.73. The molecule has 10 nitrogen and oxygen atoms in total. The van der Waals surface area contributed by atoms with E-state index in [9.17, 15) is 23.2 Å². The van der Waals surface area contributed by atoms with E-state index in [1.807, 2.05) is 18.0 Å². The van der Waals surface area contributed by atoms with E-state index in [0.29, 0.717) is 58.1 Å². The lowest BCUT2D eigenvalue weighted by atomic mass is 9.79. The predicted molar refractivity (Wildman–Crippen MR) is 177 cm³/mol. The number of carbonyl (C=O) groups is 1. The minimum atomic E-state index is -4.68. The molecule has 252 valence electrons. The minimum Gasteiger partial charge on any atom is -0.384 e. The summed E-state index contributed by atoms with van der Waals surface area (Å²) in [4.78, 5) is 17.3. The number of hydrogen-bond acceptors (Lipinski definition) is 8. The number of aromatic nitrogens is 3. The highest BCUT2D eigenvalue weighted by molar-refractivity contribution is 6.11. The van der Waals surface area contributed by atoms with Crippen molar-refractivity contribution in [1.82, 2.24) is 19.7 Å². The lowest BCUT2D eigenvalue weighted by molar-refractivity contribution is -0.138. The molecule has 0 bridgehead atoms. The van der Waals surface area contributed by atoms with Crippen molar-refractivity contribution in [2.24, 2.45) is 7.05 Å². The van der Waals surface area contributed by atoms with E-state index in [-0.39, 0.29) is 36.2 Å². The molecule has 1 N–H and O–H groups in total. The van der Waals surface area contributed by atoms with Crippen molar-refractivity contribution in [3.05, 3.63) is 82.7 Å². The molecule has 0 saturated heterocycles. The van der Waals surface area contributed by atoms with Crippen LogP contribution < -0.4 is 10.2 Å². The number of hydrogen-bond donors (Lipinski definition) is 1. The number of alkyl halides is 3. The van der Waals surface area contributed by atoms with Crippen LogP contribution in [0.2, 0.25) is 0 Å². The Morgan fingerprint density at radius 2 is 1.88 bits per heavy atom. The van der Waals surface area contributed by atoms with E-state index in [4.69, 9.17) is 10.00 Å². The van der Waals surface area contributed by atoms with E-state index in [2.05, 4.69) is 27.7 Å². The van der Waals surface area contributed by atoms with Gasteiger partial charge in [-0.05, 0) is 97.1 Å². The molecule has 0 atom stereocenters. The number of ether oxygens (including phenoxy) is 1. The van der Waals surface area contributed by atoms with Gasteiger partial charge in [-0.15, -0.1) is 10.2 Å². The molecule has 1 aromatic heterocycles. The van der Waals surface area contributed by atoms with Gasteiger partial charge in [-0.25, -0.2) is 0 Å². The molecule has 1 saturated carbocycles. The molecule has 1 fully saturated rings. The lowest BCUT2D eigenvalue weighted by Gasteiger charge is -2.43. The third-order valence-corrected chi connectivity index (χ3v) is 9.32. The lowest BCUT2D eigenvalue weighted by Crippen LogP contribution is -2.48. The number of fused-ring (bicyclic) bond motifs is 1. The topological polar surface area (TPSA) is 123 Å². The van der Waals surface area contributed by atoms with Crippen molar-refractivity contribution in [2.75, 3.05) is 37.5 Å². The van der Waals surface area contributed by atoms with Crippen molar-refractivity contribution in [3.63, 3.8) is 0 Å². The second-order valence-corrected chi connectivity index (χ2v) is 12.7. The Morgan fingerprint density at radius 3 is 2.51 bits per heavy atom. The van der Waals surface area contributed by atoms with Crippen LogP contribution in [0, 0.1) is 22.7 Å². The van der Waals surface area contributed by atoms with E-state index >= 15 is 0 Å². The van der Waals surface area contributed by atoms with Gasteiger partial charge in [0, 0.05) is 56.3 Å². The van der Waals surface area contributed by atoms with Gasteiger partial charge in [0.2, 0.25) is 0 Å². The second-order valence-electron chi connectivity index (χ2n) is 12.7. The van der Waals surface area contributed by atoms with E-state index in [1.165, 1.54) is 4.90 Å². The molecular formula is C36H35F3N8O2. The first-order chi connectivity index (χ1) is 23.4. The van der Waals surface area contributed by atoms with E-state index in [0.717, 1.165) is 25.3 Å². The first kappa shape index (κ1) is 33.7. The number of aryl methyl sites for hydroxylation is 1. The number of benzene rings is 3. The fourth-order valence-corrected chi connectivity index (χ4v) is 6.74. The summed E-state index contributed by atoms with van der Waals surface area (Å²) in [6, 6.07) is 17.3. The standard InChI is InChI=1S/C36H35F3N8O2/c1-45(21-35(49-3)8-4-9-35)19-24-13-30-31(32(14-24)36(37,38)39)20-47(34(30)48)27-16-25(15-26(17-27)42-11-5-10-40)29-12-23(18-41)6-7-28(29)33-44-43-22-46(33)2/h6-7,12-17,22,42H,4-5,8-9,11,19-21H2,1-3H3. The zero-order chi connectivity index (χ0) is 34.9. The van der Waals surface area contributed by atoms with E-state index < -0.39 is 17.6 Å². The van der Waals surface area contributed by atoms with Crippen LogP contribution in [0.4, 0.5) is 24.5 Å². The fourth-order valence-electron chi connectivity index (χ4n) is 6.74. The predicted octanol–water partition coefficient (Wildman–Crippen LogP) is 6.53. The van der Waals surface area contributed by atoms with Gasteiger partial charge in [0.1, 0.15) is 6.33 Å². The number of likely N-dealkylation sites (N-methyl/N-ethyl adjacent to an activating group) is 1. The van der Waals surface area contributed by atoms with Gasteiger partial charge < -0.3 is 19.5 Å². The highest BCUT2D eigenvalue weighted by atomic mass is 19.4. The number of nitriles is 2. The van der Waals surface area contributed by atoms with Crippen LogP contribution in [0.1, 0.15) is 58.3 Å². The average Bonchev–Trinajstić information content (AvgIpc) is 3.64. The van der Waals surface area contributed by atoms with E-state index in [1.54, 1.807) is 61.5 Å². The summed E-state index contributed by atoms with van der Waals surface area (Å²) in [5.41, 5.74) is 2.38. The van der Waals surface area contributed by atoms with Crippen molar-refractivity contribution in [2.45, 2.75) is 50.6 Å². The second kappa shape index (κ2) is 13.3. The highest BCUT2D eigenvalue weighted by Crippen LogP contribution is 2.42. The Bertz CT molecular complexity index is 1980. The fraction of sp³-hybridized carbons (Fsp3) is 0.361. The maximum atomic E-state index is 14.6. The summed E-state index contributed by atoms with van der Waals surface area (Å²) in [5.74, 6) is -0.00800. The van der Waals surface area contributed by atoms with Crippen molar-refractivity contribution >= 4 is 17.3 Å². The van der Waals surface area contributed by atoms with Gasteiger partial charge in [-0.1, -0.05) is 0 Å². The molecule has 0 unspecified atom stereocenters. The minimum absolute atomic E-state index is 0.0129. The van der Waals surface area contributed by atoms with Crippen LogP contribution >= 0.6 is 0 Å². The summed E-state index contributed by atoms with van der Waals surface area (Å²) in [6.07, 6.45) is -0.0784. The molecule has 0 radical (unpaired) electrons. The first-order valence-corrected chi connectivity index (χ1v) is 15.9. The Kier molecular flexibility index (Phi) is 9.16. The Hall–Kier alpha value is -5.24. The van der Waals surface area contributed by atoms with Crippen LogP contribution in [-0.2, 0) is 31.1 Å². The number of nitrogens with zero attached hydrogens (tertiary/aromatic N) is 7. The van der Waals surface area contributed by atoms with Gasteiger partial charge in [-0.2, -0.15) is 23.7 Å². The monoisotopic (exact) mass is 668 g/mol. The molecule has 0 spiro atoms. The van der Waals surface area contributed by atoms with Crippen LogP contribution in [0.5, 0.6) is 0 Å². The van der Waals surface area contributed by atoms with Crippen molar-refractivity contribution < 1.29 is 22.7 Å². The summed E-state index contributed by atoms with van der Waals surface area (Å²) >= 11 is 0. The number of carbonyl (C=O) groups excluding carboxylic acids is 1. The molecule has 4 aromatic rings. The molecule has 13 heteroatoms. The molecule has 2 aliphatic rings. The number of methoxy groups -OCH3 is 1. The Balaban J connectivity index is 1.41. The molecule has 49 heavy (non-hydrogen) atoms. The molecular weight excluding hydrogens is 633 g/mol. The maximum Gasteiger partial charge on any atom is 0.416 e. The third-order valence-electron chi connectivity index (χ3n) is 9.32. The van der Waals surface area contributed by atoms with Gasteiger partial charge in [0.15, 0.2) is 5.82 Å². The molecule has 3 aromatic carbocycles. The number of halogens is 3. The first-order valence-electron chi connectivity index (χ1n) is 15.9. The molecule has 1 aliphatic carbocycles. The molecule has 2 heterocycles. The largest absolute Gasteiger partial charge is 0.416 e. The summed E-state index contributed by atoms with van der Waals surface area (Å²) in [5, 5.41) is 30.3. The number of nitrogens with one attached hydrogen (secondary N) is 1. The van der Waals surface area contributed by atoms with Gasteiger partial charge in [0.25, 0.3) is 5.91 Å². The highest BCUT2D eigenvalue weighted by Gasteiger charge is 2.41. The Morgan fingerprint density at radius 1 is 1.08 bits per heavy atom. The number of amides is 1. The zero-order valence-corrected chi connectivity index (χ0v) is 27.4.